The Balaban J connectivity index is 2.41. The first-order valence-corrected chi connectivity index (χ1v) is 6.64. The summed E-state index contributed by atoms with van der Waals surface area (Å²) in [5.74, 6) is 0.240. The molecule has 1 aromatic rings. The lowest BCUT2D eigenvalue weighted by Crippen LogP contribution is -2.13. The second kappa shape index (κ2) is 9.34. The van der Waals surface area contributed by atoms with Gasteiger partial charge >= 0.3 is 5.97 Å². The third kappa shape index (κ3) is 6.54. The Morgan fingerprint density at radius 2 is 1.95 bits per heavy atom. The van der Waals surface area contributed by atoms with Gasteiger partial charge in [0.15, 0.2) is 0 Å². The summed E-state index contributed by atoms with van der Waals surface area (Å²) in [5, 5.41) is 0. The van der Waals surface area contributed by atoms with Crippen molar-refractivity contribution in [2.24, 2.45) is 0 Å². The fourth-order valence-corrected chi connectivity index (χ4v) is 1.46. The maximum absolute atomic E-state index is 11.8. The van der Waals surface area contributed by atoms with Crippen LogP contribution in [-0.4, -0.2) is 45.6 Å². The minimum atomic E-state index is -0.380. The quantitative estimate of drug-likeness (QED) is 0.514. The zero-order valence-corrected chi connectivity index (χ0v) is 12.3. The molecule has 0 bridgehead atoms. The molecule has 0 saturated heterocycles. The van der Waals surface area contributed by atoms with E-state index in [0.717, 1.165) is 0 Å². The Morgan fingerprint density at radius 1 is 1.15 bits per heavy atom. The molecular weight excluding hydrogens is 260 g/mol. The molecule has 1 rings (SSSR count). The smallest absolute Gasteiger partial charge is 0.338 e. The summed E-state index contributed by atoms with van der Waals surface area (Å²) in [4.78, 5) is 11.8. The first-order chi connectivity index (χ1) is 9.63. The number of esters is 1. The van der Waals surface area contributed by atoms with E-state index in [1.54, 1.807) is 31.4 Å². The highest BCUT2D eigenvalue weighted by atomic mass is 16.6. The topological polar surface area (TPSA) is 54.0 Å². The van der Waals surface area contributed by atoms with E-state index in [1.807, 2.05) is 13.8 Å². The monoisotopic (exact) mass is 282 g/mol. The summed E-state index contributed by atoms with van der Waals surface area (Å²) in [6.07, 6.45) is 0.131. The zero-order chi connectivity index (χ0) is 14.8. The first-order valence-electron chi connectivity index (χ1n) is 6.64. The summed E-state index contributed by atoms with van der Waals surface area (Å²) < 4.78 is 20.7. The molecule has 1 aromatic carbocycles. The summed E-state index contributed by atoms with van der Waals surface area (Å²) in [7, 11) is 1.61. The molecule has 0 unspecified atom stereocenters. The number of rotatable bonds is 9. The molecule has 5 nitrogen and oxygen atoms in total. The number of benzene rings is 1. The van der Waals surface area contributed by atoms with Crippen LogP contribution in [0, 0.1) is 0 Å². The van der Waals surface area contributed by atoms with Crippen molar-refractivity contribution in [1.29, 1.82) is 0 Å². The Kier molecular flexibility index (Phi) is 7.69. The fraction of sp³-hybridized carbons (Fsp3) is 0.533. The standard InChI is InChI=1S/C15H22O5/c1-12(2)18-9-10-20-15(16)13-5-4-6-14(11-13)19-8-7-17-3/h4-6,11-12H,7-10H2,1-3H3. The Hall–Kier alpha value is -1.59. The van der Waals surface area contributed by atoms with E-state index in [1.165, 1.54) is 0 Å². The van der Waals surface area contributed by atoms with Gasteiger partial charge in [-0.15, -0.1) is 0 Å². The molecule has 0 fully saturated rings. The van der Waals surface area contributed by atoms with Crippen LogP contribution in [0.1, 0.15) is 24.2 Å². The number of hydrogen-bond donors (Lipinski definition) is 0. The van der Waals surface area contributed by atoms with Gasteiger partial charge in [0.1, 0.15) is 19.0 Å². The average Bonchev–Trinajstić information content (AvgIpc) is 2.44. The molecule has 0 aromatic heterocycles. The van der Waals surface area contributed by atoms with Gasteiger partial charge < -0.3 is 18.9 Å². The van der Waals surface area contributed by atoms with Gasteiger partial charge in [-0.2, -0.15) is 0 Å². The second-order valence-corrected chi connectivity index (χ2v) is 4.42. The molecule has 0 N–H and O–H groups in total. The lowest BCUT2D eigenvalue weighted by Gasteiger charge is -2.09. The Bertz CT molecular complexity index is 403. The predicted octanol–water partition coefficient (Wildman–Crippen LogP) is 2.29. The molecule has 0 heterocycles. The summed E-state index contributed by atoms with van der Waals surface area (Å²) >= 11 is 0. The summed E-state index contributed by atoms with van der Waals surface area (Å²) in [5.41, 5.74) is 0.462. The van der Waals surface area contributed by atoms with Crippen LogP contribution in [0.4, 0.5) is 0 Å². The molecule has 0 atom stereocenters. The van der Waals surface area contributed by atoms with Crippen molar-refractivity contribution in [3.63, 3.8) is 0 Å². The van der Waals surface area contributed by atoms with E-state index >= 15 is 0 Å². The van der Waals surface area contributed by atoms with Crippen LogP contribution in [0.5, 0.6) is 5.75 Å². The van der Waals surface area contributed by atoms with Crippen molar-refractivity contribution in [3.05, 3.63) is 29.8 Å². The fourth-order valence-electron chi connectivity index (χ4n) is 1.46. The van der Waals surface area contributed by atoms with Gasteiger partial charge in [0.2, 0.25) is 0 Å². The average molecular weight is 282 g/mol. The Morgan fingerprint density at radius 3 is 2.65 bits per heavy atom. The molecular formula is C15H22O5. The van der Waals surface area contributed by atoms with Crippen LogP contribution < -0.4 is 4.74 Å². The van der Waals surface area contributed by atoms with Crippen LogP contribution in [0.25, 0.3) is 0 Å². The second-order valence-electron chi connectivity index (χ2n) is 4.42. The number of methoxy groups -OCH3 is 1. The van der Waals surface area contributed by atoms with Gasteiger partial charge in [0.25, 0.3) is 0 Å². The molecule has 5 heteroatoms. The molecule has 0 spiro atoms. The molecule has 0 saturated carbocycles. The van der Waals surface area contributed by atoms with Crippen molar-refractivity contribution in [2.75, 3.05) is 33.5 Å². The Labute approximate surface area is 119 Å². The highest BCUT2D eigenvalue weighted by Gasteiger charge is 2.08. The van der Waals surface area contributed by atoms with Crippen LogP contribution in [0.2, 0.25) is 0 Å². The lowest BCUT2D eigenvalue weighted by atomic mass is 10.2. The normalized spacial score (nSPS) is 10.6. The summed E-state index contributed by atoms with van der Waals surface area (Å²) in [6, 6.07) is 6.88. The molecule has 0 amide bonds. The molecule has 0 aliphatic rings. The van der Waals surface area contributed by atoms with Crippen LogP contribution in [0.3, 0.4) is 0 Å². The molecule has 20 heavy (non-hydrogen) atoms. The summed E-state index contributed by atoms with van der Waals surface area (Å²) in [6.45, 7) is 5.45. The van der Waals surface area contributed by atoms with Crippen molar-refractivity contribution < 1.29 is 23.7 Å². The van der Waals surface area contributed by atoms with E-state index in [4.69, 9.17) is 18.9 Å². The van der Waals surface area contributed by atoms with Crippen LogP contribution in [-0.2, 0) is 14.2 Å². The minimum Gasteiger partial charge on any atom is -0.491 e. The van der Waals surface area contributed by atoms with E-state index in [-0.39, 0.29) is 18.7 Å². The first kappa shape index (κ1) is 16.5. The van der Waals surface area contributed by atoms with E-state index in [0.29, 0.717) is 31.1 Å². The number of carbonyl (C=O) groups excluding carboxylic acids is 1. The molecule has 0 radical (unpaired) electrons. The predicted molar refractivity (Wildman–Crippen MR) is 75.2 cm³/mol. The van der Waals surface area contributed by atoms with Gasteiger partial charge in [-0.25, -0.2) is 4.79 Å². The van der Waals surface area contributed by atoms with E-state index < -0.39 is 0 Å². The van der Waals surface area contributed by atoms with Gasteiger partial charge in [0.05, 0.1) is 24.9 Å². The number of ether oxygens (including phenoxy) is 4. The zero-order valence-electron chi connectivity index (χ0n) is 12.3. The number of carbonyl (C=O) groups is 1. The molecule has 0 aliphatic heterocycles. The van der Waals surface area contributed by atoms with Gasteiger partial charge in [-0.3, -0.25) is 0 Å². The largest absolute Gasteiger partial charge is 0.491 e. The van der Waals surface area contributed by atoms with Crippen molar-refractivity contribution >= 4 is 5.97 Å². The SMILES string of the molecule is COCCOc1cccc(C(=O)OCCOC(C)C)c1. The highest BCUT2D eigenvalue weighted by molar-refractivity contribution is 5.89. The van der Waals surface area contributed by atoms with Crippen LogP contribution >= 0.6 is 0 Å². The lowest BCUT2D eigenvalue weighted by molar-refractivity contribution is 0.0176. The van der Waals surface area contributed by atoms with Crippen molar-refractivity contribution in [3.8, 4) is 5.75 Å². The third-order valence-electron chi connectivity index (χ3n) is 2.39. The number of hydrogen-bond acceptors (Lipinski definition) is 5. The van der Waals surface area contributed by atoms with E-state index in [9.17, 15) is 4.79 Å². The molecule has 112 valence electrons. The third-order valence-corrected chi connectivity index (χ3v) is 2.39. The van der Waals surface area contributed by atoms with Gasteiger partial charge in [0, 0.05) is 7.11 Å². The maximum atomic E-state index is 11.8. The van der Waals surface area contributed by atoms with Gasteiger partial charge in [-0.05, 0) is 32.0 Å². The van der Waals surface area contributed by atoms with Crippen molar-refractivity contribution in [2.45, 2.75) is 20.0 Å². The maximum Gasteiger partial charge on any atom is 0.338 e. The van der Waals surface area contributed by atoms with Gasteiger partial charge in [-0.1, -0.05) is 6.07 Å². The van der Waals surface area contributed by atoms with Crippen molar-refractivity contribution in [1.82, 2.24) is 0 Å². The van der Waals surface area contributed by atoms with Crippen LogP contribution in [0.15, 0.2) is 24.3 Å². The highest BCUT2D eigenvalue weighted by Crippen LogP contribution is 2.14. The minimum absolute atomic E-state index is 0.131. The van der Waals surface area contributed by atoms with E-state index in [2.05, 4.69) is 0 Å². The molecule has 0 aliphatic carbocycles.